The van der Waals surface area contributed by atoms with E-state index in [1.165, 1.54) is 6.42 Å². The van der Waals surface area contributed by atoms with Gasteiger partial charge >= 0.3 is 0 Å². The number of aliphatic imine (C=N–C) groups is 1. The summed E-state index contributed by atoms with van der Waals surface area (Å²) < 4.78 is 1.95. The van der Waals surface area contributed by atoms with Crippen molar-refractivity contribution in [1.82, 2.24) is 20.2 Å². The summed E-state index contributed by atoms with van der Waals surface area (Å²) >= 11 is 18.6. The molecule has 1 aromatic heterocycles. The van der Waals surface area contributed by atoms with E-state index in [0.717, 1.165) is 42.6 Å². The fourth-order valence-corrected chi connectivity index (χ4v) is 5.15. The molecular formula is C27H30Cl3N5. The van der Waals surface area contributed by atoms with E-state index in [9.17, 15) is 0 Å². The predicted octanol–water partition coefficient (Wildman–Crippen LogP) is 8.21. The monoisotopic (exact) mass is 529 g/mol. The number of benzene rings is 2. The van der Waals surface area contributed by atoms with Crippen LogP contribution in [0.5, 0.6) is 0 Å². The van der Waals surface area contributed by atoms with Gasteiger partial charge in [-0.25, -0.2) is 4.68 Å². The van der Waals surface area contributed by atoms with Crippen molar-refractivity contribution in [3.05, 3.63) is 80.6 Å². The van der Waals surface area contributed by atoms with E-state index in [4.69, 9.17) is 39.8 Å². The molecular weight excluding hydrogens is 501 g/mol. The number of aromatic nitrogens is 4. The van der Waals surface area contributed by atoms with Gasteiger partial charge in [-0.15, -0.1) is 5.10 Å². The van der Waals surface area contributed by atoms with E-state index < -0.39 is 5.54 Å². The van der Waals surface area contributed by atoms with Crippen LogP contribution in [0.25, 0.3) is 6.08 Å². The van der Waals surface area contributed by atoms with Crippen molar-refractivity contribution in [3.63, 3.8) is 0 Å². The van der Waals surface area contributed by atoms with Crippen molar-refractivity contribution in [2.45, 2.75) is 64.5 Å². The molecule has 184 valence electrons. The maximum absolute atomic E-state index is 6.43. The maximum atomic E-state index is 6.43. The molecule has 1 heterocycles. The topological polar surface area (TPSA) is 56.0 Å². The van der Waals surface area contributed by atoms with E-state index in [1.807, 2.05) is 53.4 Å². The van der Waals surface area contributed by atoms with Crippen LogP contribution in [-0.2, 0) is 5.54 Å². The Morgan fingerprint density at radius 2 is 1.66 bits per heavy atom. The number of hydrogen-bond acceptors (Lipinski definition) is 4. The minimum atomic E-state index is -0.476. The molecule has 0 amide bonds. The zero-order valence-corrected chi connectivity index (χ0v) is 22.5. The van der Waals surface area contributed by atoms with Gasteiger partial charge in [0.2, 0.25) is 0 Å². The summed E-state index contributed by atoms with van der Waals surface area (Å²) in [5.74, 6) is 0.800. The van der Waals surface area contributed by atoms with Crippen LogP contribution < -0.4 is 0 Å². The highest BCUT2D eigenvalue weighted by atomic mass is 35.5. The lowest BCUT2D eigenvalue weighted by atomic mass is 9.80. The van der Waals surface area contributed by atoms with Gasteiger partial charge in [-0.3, -0.25) is 4.99 Å². The Kier molecular flexibility index (Phi) is 7.99. The van der Waals surface area contributed by atoms with Gasteiger partial charge in [0.15, 0.2) is 5.82 Å². The molecule has 35 heavy (non-hydrogen) atoms. The second-order valence-electron chi connectivity index (χ2n) is 10.2. The van der Waals surface area contributed by atoms with Crippen molar-refractivity contribution < 1.29 is 0 Å². The molecule has 1 aliphatic carbocycles. The molecule has 0 spiro atoms. The molecule has 0 bridgehead atoms. The summed E-state index contributed by atoms with van der Waals surface area (Å²) in [6.45, 7) is 6.55. The number of tetrazole rings is 1. The van der Waals surface area contributed by atoms with Crippen molar-refractivity contribution in [3.8, 4) is 0 Å². The highest BCUT2D eigenvalue weighted by molar-refractivity contribution is 6.35. The molecule has 0 unspecified atom stereocenters. The minimum absolute atomic E-state index is 0.108. The molecule has 1 aliphatic rings. The van der Waals surface area contributed by atoms with Gasteiger partial charge in [0.1, 0.15) is 5.54 Å². The lowest BCUT2D eigenvalue weighted by Gasteiger charge is -2.35. The Morgan fingerprint density at radius 3 is 2.31 bits per heavy atom. The summed E-state index contributed by atoms with van der Waals surface area (Å²) in [5.41, 5.74) is 1.27. The van der Waals surface area contributed by atoms with Gasteiger partial charge in [0.05, 0.1) is 6.04 Å². The first-order valence-corrected chi connectivity index (χ1v) is 13.0. The molecule has 0 radical (unpaired) electrons. The fourth-order valence-electron chi connectivity index (χ4n) is 4.55. The zero-order valence-electron chi connectivity index (χ0n) is 20.3. The van der Waals surface area contributed by atoms with Crippen LogP contribution in [0, 0.1) is 5.41 Å². The summed E-state index contributed by atoms with van der Waals surface area (Å²) in [6, 6.07) is 13.1. The highest BCUT2D eigenvalue weighted by Gasteiger charge is 2.41. The molecule has 1 fully saturated rings. The van der Waals surface area contributed by atoms with Gasteiger partial charge in [-0.1, -0.05) is 105 Å². The van der Waals surface area contributed by atoms with Crippen molar-refractivity contribution in [2.75, 3.05) is 0 Å². The zero-order chi connectivity index (χ0) is 25.1. The molecule has 0 aliphatic heterocycles. The first-order valence-electron chi connectivity index (χ1n) is 11.9. The number of nitrogens with zero attached hydrogens (tertiary/aromatic N) is 5. The first-order chi connectivity index (χ1) is 16.7. The Labute approximate surface area is 222 Å². The van der Waals surface area contributed by atoms with Gasteiger partial charge in [-0.2, -0.15) is 0 Å². The quantitative estimate of drug-likeness (QED) is 0.302. The Morgan fingerprint density at radius 1 is 0.971 bits per heavy atom. The Balaban J connectivity index is 1.74. The van der Waals surface area contributed by atoms with Crippen LogP contribution in [0.15, 0.2) is 53.5 Å². The number of allylic oxidation sites excluding steroid dienone is 1. The second kappa shape index (κ2) is 10.8. The van der Waals surface area contributed by atoms with E-state index in [-0.39, 0.29) is 11.5 Å². The Hall–Kier alpha value is -2.21. The minimum Gasteiger partial charge on any atom is -0.278 e. The molecule has 5 nitrogen and oxygen atoms in total. The van der Waals surface area contributed by atoms with Gasteiger partial charge < -0.3 is 0 Å². The highest BCUT2D eigenvalue weighted by Crippen LogP contribution is 2.42. The van der Waals surface area contributed by atoms with Crippen molar-refractivity contribution in [2.24, 2.45) is 10.4 Å². The van der Waals surface area contributed by atoms with E-state index in [1.54, 1.807) is 6.07 Å². The molecule has 3 aromatic rings. The maximum Gasteiger partial charge on any atom is 0.179 e. The van der Waals surface area contributed by atoms with Crippen LogP contribution in [0.2, 0.25) is 15.1 Å². The third-order valence-electron chi connectivity index (χ3n) is 6.49. The average molecular weight is 531 g/mol. The lowest BCUT2D eigenvalue weighted by molar-refractivity contribution is 0.228. The molecule has 4 rings (SSSR count). The SMILES string of the molecule is CC(C)(C)[C@H](/C=C\c1ccc(Cl)cc1Cl)n1nnnc1C1(N=Cc2ccc(Cl)cc2)CCCCC1. The van der Waals surface area contributed by atoms with E-state index >= 15 is 0 Å². The van der Waals surface area contributed by atoms with Crippen molar-refractivity contribution in [1.29, 1.82) is 0 Å². The van der Waals surface area contributed by atoms with Crippen LogP contribution >= 0.6 is 34.8 Å². The van der Waals surface area contributed by atoms with Crippen LogP contribution in [-0.4, -0.2) is 26.4 Å². The lowest BCUT2D eigenvalue weighted by Crippen LogP contribution is -2.35. The second-order valence-corrected chi connectivity index (χ2v) is 11.5. The van der Waals surface area contributed by atoms with Crippen LogP contribution in [0.1, 0.15) is 75.9 Å². The number of halogens is 3. The summed E-state index contributed by atoms with van der Waals surface area (Å²) in [5, 5.41) is 15.1. The molecule has 0 N–H and O–H groups in total. The van der Waals surface area contributed by atoms with E-state index in [0.29, 0.717) is 15.1 Å². The third-order valence-corrected chi connectivity index (χ3v) is 7.31. The average Bonchev–Trinajstić information content (AvgIpc) is 3.30. The van der Waals surface area contributed by atoms with Gasteiger partial charge in [-0.05, 0) is 64.1 Å². The molecule has 2 aromatic carbocycles. The van der Waals surface area contributed by atoms with Crippen LogP contribution in [0.4, 0.5) is 0 Å². The summed E-state index contributed by atoms with van der Waals surface area (Å²) in [7, 11) is 0. The van der Waals surface area contributed by atoms with E-state index in [2.05, 4.69) is 42.4 Å². The van der Waals surface area contributed by atoms with Gasteiger partial charge in [0, 0.05) is 21.3 Å². The molecule has 0 saturated heterocycles. The molecule has 8 heteroatoms. The fraction of sp³-hybridized carbons (Fsp3) is 0.407. The molecule has 1 saturated carbocycles. The predicted molar refractivity (Wildman–Crippen MR) is 146 cm³/mol. The standard InChI is InChI=1S/C27H30Cl3N5/c1-26(2,3)24(14-10-20-9-13-22(29)17-23(20)30)35-25(32-33-34-35)27(15-5-4-6-16-27)31-18-19-7-11-21(28)12-8-19/h7-14,17-18,24H,4-6,15-16H2,1-3H3/b14-10-,31-18?/t24-/m0/s1. The van der Waals surface area contributed by atoms with Crippen molar-refractivity contribution >= 4 is 47.1 Å². The summed E-state index contributed by atoms with van der Waals surface area (Å²) in [4.78, 5) is 5.13. The third kappa shape index (κ3) is 6.14. The smallest absolute Gasteiger partial charge is 0.179 e. The van der Waals surface area contributed by atoms with Gasteiger partial charge in [0.25, 0.3) is 0 Å². The molecule has 1 atom stereocenters. The number of rotatable bonds is 6. The first kappa shape index (κ1) is 25.9. The number of hydrogen-bond donors (Lipinski definition) is 0. The largest absolute Gasteiger partial charge is 0.278 e. The van der Waals surface area contributed by atoms with Crippen LogP contribution in [0.3, 0.4) is 0 Å². The normalized spacial score (nSPS) is 17.3. The Bertz CT molecular complexity index is 1200. The summed E-state index contributed by atoms with van der Waals surface area (Å²) in [6.07, 6.45) is 11.2.